The van der Waals surface area contributed by atoms with Gasteiger partial charge in [0.25, 0.3) is 0 Å². The monoisotopic (exact) mass is 285 g/mol. The van der Waals surface area contributed by atoms with Gasteiger partial charge in [-0.25, -0.2) is 0 Å². The van der Waals surface area contributed by atoms with Crippen LogP contribution in [0.15, 0.2) is 5.16 Å². The van der Waals surface area contributed by atoms with Crippen LogP contribution in [0, 0.1) is 0 Å². The van der Waals surface area contributed by atoms with E-state index in [0.29, 0.717) is 26.1 Å². The lowest BCUT2D eigenvalue weighted by Crippen LogP contribution is -2.50. The second-order valence-corrected chi connectivity index (χ2v) is 5.24. The standard InChI is InChI=1S/C14H27N3O3/c1-2-3-4-5-6-7-8-13(18)17-9-10-20-12(11-17)14(15)16-19/h12,19H,2-11H2,1H3,(H2,15,16). The second kappa shape index (κ2) is 9.58. The van der Waals surface area contributed by atoms with E-state index >= 15 is 0 Å². The van der Waals surface area contributed by atoms with Crippen molar-refractivity contribution in [2.75, 3.05) is 19.7 Å². The van der Waals surface area contributed by atoms with E-state index in [1.165, 1.54) is 25.7 Å². The Kier molecular flexibility index (Phi) is 8.02. The molecule has 6 nitrogen and oxygen atoms in total. The fraction of sp³-hybridized carbons (Fsp3) is 0.857. The van der Waals surface area contributed by atoms with Crippen LogP contribution in [0.3, 0.4) is 0 Å². The summed E-state index contributed by atoms with van der Waals surface area (Å²) in [6.07, 6.45) is 7.12. The van der Waals surface area contributed by atoms with Gasteiger partial charge in [0.1, 0.15) is 6.10 Å². The molecule has 0 aromatic heterocycles. The highest BCUT2D eigenvalue weighted by atomic mass is 16.5. The molecule has 6 heteroatoms. The van der Waals surface area contributed by atoms with Gasteiger partial charge in [0.15, 0.2) is 5.84 Å². The summed E-state index contributed by atoms with van der Waals surface area (Å²) in [6, 6.07) is 0. The Balaban J connectivity index is 2.22. The average molecular weight is 285 g/mol. The summed E-state index contributed by atoms with van der Waals surface area (Å²) < 4.78 is 5.37. The van der Waals surface area contributed by atoms with Crippen molar-refractivity contribution in [3.8, 4) is 0 Å². The van der Waals surface area contributed by atoms with Crippen molar-refractivity contribution in [3.05, 3.63) is 0 Å². The molecule has 20 heavy (non-hydrogen) atoms. The molecule has 116 valence electrons. The highest BCUT2D eigenvalue weighted by Gasteiger charge is 2.26. The molecule has 3 N–H and O–H groups in total. The Morgan fingerprint density at radius 1 is 1.35 bits per heavy atom. The van der Waals surface area contributed by atoms with Crippen LogP contribution in [-0.2, 0) is 9.53 Å². The number of hydrogen-bond acceptors (Lipinski definition) is 4. The number of carbonyl (C=O) groups is 1. The first-order valence-corrected chi connectivity index (χ1v) is 7.55. The molecule has 0 bridgehead atoms. The Morgan fingerprint density at radius 2 is 2.05 bits per heavy atom. The zero-order valence-corrected chi connectivity index (χ0v) is 12.4. The molecular formula is C14H27N3O3. The molecule has 1 aliphatic heterocycles. The van der Waals surface area contributed by atoms with Crippen LogP contribution < -0.4 is 5.73 Å². The number of carbonyl (C=O) groups excluding carboxylic acids is 1. The van der Waals surface area contributed by atoms with Gasteiger partial charge in [-0.3, -0.25) is 4.79 Å². The Morgan fingerprint density at radius 3 is 2.75 bits per heavy atom. The maximum atomic E-state index is 12.1. The van der Waals surface area contributed by atoms with Crippen LogP contribution in [0.1, 0.15) is 51.9 Å². The van der Waals surface area contributed by atoms with Crippen molar-refractivity contribution in [1.29, 1.82) is 0 Å². The minimum atomic E-state index is -0.484. The van der Waals surface area contributed by atoms with Gasteiger partial charge < -0.3 is 20.6 Å². The number of amides is 1. The van der Waals surface area contributed by atoms with Gasteiger partial charge in [-0.15, -0.1) is 0 Å². The smallest absolute Gasteiger partial charge is 0.222 e. The predicted molar refractivity (Wildman–Crippen MR) is 77.7 cm³/mol. The van der Waals surface area contributed by atoms with Crippen molar-refractivity contribution in [1.82, 2.24) is 4.90 Å². The molecule has 1 amide bonds. The Labute approximate surface area is 120 Å². The van der Waals surface area contributed by atoms with Crippen molar-refractivity contribution in [3.63, 3.8) is 0 Å². The van der Waals surface area contributed by atoms with E-state index in [4.69, 9.17) is 15.7 Å². The third-order valence-corrected chi connectivity index (χ3v) is 3.61. The van der Waals surface area contributed by atoms with Crippen LogP contribution >= 0.6 is 0 Å². The number of oxime groups is 1. The van der Waals surface area contributed by atoms with Gasteiger partial charge in [0.05, 0.1) is 13.2 Å². The highest BCUT2D eigenvalue weighted by Crippen LogP contribution is 2.11. The molecular weight excluding hydrogens is 258 g/mol. The van der Waals surface area contributed by atoms with E-state index in [2.05, 4.69) is 12.1 Å². The number of nitrogens with two attached hydrogens (primary N) is 1. The molecule has 1 rings (SSSR count). The maximum absolute atomic E-state index is 12.1. The lowest BCUT2D eigenvalue weighted by atomic mass is 10.1. The van der Waals surface area contributed by atoms with Gasteiger partial charge in [-0.05, 0) is 6.42 Å². The number of morpholine rings is 1. The lowest BCUT2D eigenvalue weighted by Gasteiger charge is -2.32. The molecule has 0 aromatic carbocycles. The predicted octanol–water partition coefficient (Wildman–Crippen LogP) is 1.71. The quantitative estimate of drug-likeness (QED) is 0.234. The average Bonchev–Trinajstić information content (AvgIpc) is 2.49. The van der Waals surface area contributed by atoms with E-state index in [9.17, 15) is 4.79 Å². The molecule has 1 unspecified atom stereocenters. The summed E-state index contributed by atoms with van der Waals surface area (Å²) >= 11 is 0. The molecule has 0 radical (unpaired) electrons. The maximum Gasteiger partial charge on any atom is 0.222 e. The van der Waals surface area contributed by atoms with Gasteiger partial charge in [-0.2, -0.15) is 0 Å². The summed E-state index contributed by atoms with van der Waals surface area (Å²) in [5.74, 6) is 0.168. The SMILES string of the molecule is CCCCCCCCC(=O)N1CCOC(C(N)=NO)C1. The zero-order valence-electron chi connectivity index (χ0n) is 12.4. The highest BCUT2D eigenvalue weighted by molar-refractivity contribution is 5.85. The Hall–Kier alpha value is -1.30. The fourth-order valence-electron chi connectivity index (χ4n) is 2.33. The fourth-order valence-corrected chi connectivity index (χ4v) is 2.33. The molecule has 1 atom stereocenters. The van der Waals surface area contributed by atoms with Crippen molar-refractivity contribution >= 4 is 11.7 Å². The van der Waals surface area contributed by atoms with Gasteiger partial charge in [0.2, 0.25) is 5.91 Å². The van der Waals surface area contributed by atoms with Crippen LogP contribution in [0.4, 0.5) is 0 Å². The van der Waals surface area contributed by atoms with Crippen LogP contribution in [0.2, 0.25) is 0 Å². The zero-order chi connectivity index (χ0) is 14.8. The molecule has 0 aliphatic carbocycles. The molecule has 1 saturated heterocycles. The number of nitrogens with zero attached hydrogens (tertiary/aromatic N) is 2. The summed E-state index contributed by atoms with van der Waals surface area (Å²) in [6.45, 7) is 3.59. The van der Waals surface area contributed by atoms with Gasteiger partial charge >= 0.3 is 0 Å². The molecule has 0 aromatic rings. The lowest BCUT2D eigenvalue weighted by molar-refractivity contribution is -0.136. The van der Waals surface area contributed by atoms with Crippen LogP contribution in [-0.4, -0.2) is 47.7 Å². The number of unbranched alkanes of at least 4 members (excludes halogenated alkanes) is 5. The van der Waals surface area contributed by atoms with Gasteiger partial charge in [0, 0.05) is 13.0 Å². The Bertz CT molecular complexity index is 321. The normalized spacial score (nSPS) is 20.1. The first kappa shape index (κ1) is 16.8. The second-order valence-electron chi connectivity index (χ2n) is 5.24. The van der Waals surface area contributed by atoms with E-state index in [1.54, 1.807) is 4.90 Å². The molecule has 1 fully saturated rings. The molecule has 0 spiro atoms. The third kappa shape index (κ3) is 5.77. The molecule has 1 heterocycles. The summed E-state index contributed by atoms with van der Waals surface area (Å²) in [5, 5.41) is 11.6. The van der Waals surface area contributed by atoms with E-state index in [-0.39, 0.29) is 11.7 Å². The van der Waals surface area contributed by atoms with E-state index in [1.807, 2.05) is 0 Å². The number of amidine groups is 1. The topological polar surface area (TPSA) is 88.2 Å². The minimum absolute atomic E-state index is 0.0297. The summed E-state index contributed by atoms with van der Waals surface area (Å²) in [7, 11) is 0. The van der Waals surface area contributed by atoms with Crippen molar-refractivity contribution in [2.24, 2.45) is 10.9 Å². The van der Waals surface area contributed by atoms with Gasteiger partial charge in [-0.1, -0.05) is 44.2 Å². The largest absolute Gasteiger partial charge is 0.409 e. The molecule has 1 aliphatic rings. The summed E-state index contributed by atoms with van der Waals surface area (Å²) in [5.41, 5.74) is 5.52. The van der Waals surface area contributed by atoms with Crippen molar-refractivity contribution in [2.45, 2.75) is 58.0 Å². The number of hydrogen-bond donors (Lipinski definition) is 2. The summed E-state index contributed by atoms with van der Waals surface area (Å²) in [4.78, 5) is 13.8. The third-order valence-electron chi connectivity index (χ3n) is 3.61. The van der Waals surface area contributed by atoms with E-state index in [0.717, 1.165) is 12.8 Å². The minimum Gasteiger partial charge on any atom is -0.409 e. The molecule has 0 saturated carbocycles. The first-order chi connectivity index (χ1) is 9.69. The number of ether oxygens (including phenoxy) is 1. The van der Waals surface area contributed by atoms with E-state index < -0.39 is 6.10 Å². The first-order valence-electron chi connectivity index (χ1n) is 7.55. The van der Waals surface area contributed by atoms with Crippen molar-refractivity contribution < 1.29 is 14.7 Å². The number of rotatable bonds is 8. The van der Waals surface area contributed by atoms with Crippen LogP contribution in [0.25, 0.3) is 0 Å². The van der Waals surface area contributed by atoms with Crippen LogP contribution in [0.5, 0.6) is 0 Å².